The van der Waals surface area contributed by atoms with Crippen LogP contribution in [0.4, 0.5) is 11.5 Å². The standard InChI is InChI=1S/C26H24ClN7O/c27-18-4-3-16-5-7-26(20(16)9-18)11-21(26)24(35)31-22-10-19(6-8-28-22)29-13-23-32-25-30-12-17(15-1-2-15)14-34(25)33-23/h3-4,6,8-10,12,14-15,21H,1-2,5,7,11,13H2,(H2,28,29,31,35)/t21-,26-/m0/s1. The zero-order valence-corrected chi connectivity index (χ0v) is 19.8. The van der Waals surface area contributed by atoms with Crippen LogP contribution in [0.3, 0.4) is 0 Å². The van der Waals surface area contributed by atoms with Crippen molar-refractivity contribution in [1.29, 1.82) is 0 Å². The topological polar surface area (TPSA) is 97.1 Å². The Morgan fingerprint density at radius 3 is 3.00 bits per heavy atom. The van der Waals surface area contributed by atoms with Gasteiger partial charge in [-0.25, -0.2) is 14.5 Å². The first kappa shape index (κ1) is 20.8. The van der Waals surface area contributed by atoms with Gasteiger partial charge in [0.25, 0.3) is 5.78 Å². The van der Waals surface area contributed by atoms with E-state index in [1.807, 2.05) is 36.7 Å². The van der Waals surface area contributed by atoms with E-state index in [4.69, 9.17) is 11.6 Å². The molecule has 3 aliphatic carbocycles. The van der Waals surface area contributed by atoms with E-state index in [1.54, 1.807) is 10.7 Å². The molecule has 2 N–H and O–H groups in total. The summed E-state index contributed by atoms with van der Waals surface area (Å²) in [6.45, 7) is 0.447. The van der Waals surface area contributed by atoms with Crippen molar-refractivity contribution >= 4 is 34.8 Å². The zero-order valence-electron chi connectivity index (χ0n) is 19.0. The van der Waals surface area contributed by atoms with Crippen LogP contribution in [0.15, 0.2) is 48.9 Å². The van der Waals surface area contributed by atoms with Crippen LogP contribution in [-0.2, 0) is 23.2 Å². The molecule has 1 spiro atoms. The van der Waals surface area contributed by atoms with Crippen LogP contribution in [0.25, 0.3) is 5.78 Å². The number of carbonyl (C=O) groups is 1. The van der Waals surface area contributed by atoms with Crippen LogP contribution in [0.5, 0.6) is 0 Å². The van der Waals surface area contributed by atoms with E-state index in [2.05, 4.69) is 36.8 Å². The molecule has 8 nitrogen and oxygen atoms in total. The lowest BCUT2D eigenvalue weighted by Crippen LogP contribution is -2.20. The lowest BCUT2D eigenvalue weighted by Gasteiger charge is -2.12. The first-order chi connectivity index (χ1) is 17.1. The van der Waals surface area contributed by atoms with Gasteiger partial charge in [0.1, 0.15) is 5.82 Å². The maximum absolute atomic E-state index is 13.1. The average Bonchev–Trinajstić information content (AvgIpc) is 3.76. The van der Waals surface area contributed by atoms with E-state index in [0.717, 1.165) is 30.0 Å². The number of benzene rings is 1. The van der Waals surface area contributed by atoms with E-state index in [9.17, 15) is 4.79 Å². The molecule has 0 unspecified atom stereocenters. The number of nitrogens with one attached hydrogen (secondary N) is 2. The third-order valence-corrected chi connectivity index (χ3v) is 7.84. The number of amides is 1. The van der Waals surface area contributed by atoms with Gasteiger partial charge in [-0.3, -0.25) is 4.79 Å². The van der Waals surface area contributed by atoms with Crippen molar-refractivity contribution in [3.63, 3.8) is 0 Å². The monoisotopic (exact) mass is 485 g/mol. The van der Waals surface area contributed by atoms with Gasteiger partial charge in [0.2, 0.25) is 5.91 Å². The molecule has 176 valence electrons. The molecule has 4 aromatic rings. The van der Waals surface area contributed by atoms with Crippen LogP contribution in [-0.4, -0.2) is 30.5 Å². The van der Waals surface area contributed by atoms with Gasteiger partial charge < -0.3 is 10.6 Å². The van der Waals surface area contributed by atoms with Gasteiger partial charge >= 0.3 is 0 Å². The Labute approximate surface area is 207 Å². The summed E-state index contributed by atoms with van der Waals surface area (Å²) >= 11 is 6.24. The number of carbonyl (C=O) groups excluding carboxylic acids is 1. The summed E-state index contributed by atoms with van der Waals surface area (Å²) in [6.07, 6.45) is 10.9. The smallest absolute Gasteiger partial charge is 0.252 e. The molecule has 3 aromatic heterocycles. The molecule has 0 radical (unpaired) electrons. The molecule has 2 fully saturated rings. The highest BCUT2D eigenvalue weighted by molar-refractivity contribution is 6.30. The summed E-state index contributed by atoms with van der Waals surface area (Å²) in [7, 11) is 0. The fourth-order valence-electron chi connectivity index (χ4n) is 5.49. The molecule has 35 heavy (non-hydrogen) atoms. The number of nitrogens with zero attached hydrogens (tertiary/aromatic N) is 5. The van der Waals surface area contributed by atoms with E-state index >= 15 is 0 Å². The van der Waals surface area contributed by atoms with Gasteiger partial charge in [-0.05, 0) is 72.9 Å². The Morgan fingerprint density at radius 1 is 1.20 bits per heavy atom. The molecule has 3 heterocycles. The second kappa shape index (κ2) is 7.75. The van der Waals surface area contributed by atoms with Crippen molar-refractivity contribution in [2.75, 3.05) is 10.6 Å². The van der Waals surface area contributed by atoms with Gasteiger partial charge in [0, 0.05) is 46.7 Å². The molecule has 1 amide bonds. The van der Waals surface area contributed by atoms with E-state index in [1.165, 1.54) is 29.5 Å². The molecule has 2 atom stereocenters. The van der Waals surface area contributed by atoms with Crippen molar-refractivity contribution in [2.45, 2.75) is 50.0 Å². The van der Waals surface area contributed by atoms with Crippen LogP contribution in [0.2, 0.25) is 5.02 Å². The highest BCUT2D eigenvalue weighted by atomic mass is 35.5. The fourth-order valence-corrected chi connectivity index (χ4v) is 5.66. The van der Waals surface area contributed by atoms with E-state index in [-0.39, 0.29) is 17.2 Å². The Hall–Kier alpha value is -3.52. The van der Waals surface area contributed by atoms with Crippen LogP contribution in [0, 0.1) is 5.92 Å². The summed E-state index contributed by atoms with van der Waals surface area (Å²) < 4.78 is 1.75. The van der Waals surface area contributed by atoms with Gasteiger partial charge in [0.15, 0.2) is 5.82 Å². The first-order valence-electron chi connectivity index (χ1n) is 12.1. The van der Waals surface area contributed by atoms with Crippen LogP contribution >= 0.6 is 11.6 Å². The SMILES string of the molecule is O=C(Nc1cc(NCc2nc3ncc(C4CC4)cn3n2)ccn1)[C@@H]1C[C@]12CCc1ccc(Cl)cc12. The van der Waals surface area contributed by atoms with E-state index < -0.39 is 0 Å². The molecule has 2 saturated carbocycles. The minimum absolute atomic E-state index is 0.0158. The zero-order chi connectivity index (χ0) is 23.6. The summed E-state index contributed by atoms with van der Waals surface area (Å²) in [5.41, 5.74) is 4.55. The number of hydrogen-bond acceptors (Lipinski definition) is 6. The third kappa shape index (κ3) is 3.72. The summed E-state index contributed by atoms with van der Waals surface area (Å²) in [5.74, 6) is 2.38. The van der Waals surface area contributed by atoms with Gasteiger partial charge in [-0.15, -0.1) is 5.10 Å². The fraction of sp³-hybridized carbons (Fsp3) is 0.346. The molecule has 0 saturated heterocycles. The number of fused-ring (bicyclic) bond motifs is 3. The Morgan fingerprint density at radius 2 is 2.11 bits per heavy atom. The van der Waals surface area contributed by atoms with Crippen molar-refractivity contribution in [1.82, 2.24) is 24.6 Å². The van der Waals surface area contributed by atoms with Crippen molar-refractivity contribution in [2.24, 2.45) is 5.92 Å². The number of halogens is 1. The highest BCUT2D eigenvalue weighted by Crippen LogP contribution is 2.62. The lowest BCUT2D eigenvalue weighted by atomic mass is 9.95. The molecule has 0 bridgehead atoms. The minimum Gasteiger partial charge on any atom is -0.378 e. The Kier molecular flexibility index (Phi) is 4.61. The predicted molar refractivity (Wildman–Crippen MR) is 133 cm³/mol. The second-order valence-electron chi connectivity index (χ2n) is 9.92. The molecule has 1 aromatic carbocycles. The molecule has 9 heteroatoms. The average molecular weight is 486 g/mol. The number of hydrogen-bond donors (Lipinski definition) is 2. The number of anilines is 2. The Bertz CT molecular complexity index is 1480. The maximum Gasteiger partial charge on any atom is 0.252 e. The predicted octanol–water partition coefficient (Wildman–Crippen LogP) is 4.50. The number of aromatic nitrogens is 5. The normalized spacial score (nSPS) is 22.4. The second-order valence-corrected chi connectivity index (χ2v) is 10.4. The molecule has 0 aliphatic heterocycles. The van der Waals surface area contributed by atoms with E-state index in [0.29, 0.717) is 29.9 Å². The quantitative estimate of drug-likeness (QED) is 0.417. The number of pyridine rings is 1. The van der Waals surface area contributed by atoms with Crippen molar-refractivity contribution in [3.8, 4) is 0 Å². The summed E-state index contributed by atoms with van der Waals surface area (Å²) in [5, 5.41) is 11.6. The highest BCUT2D eigenvalue weighted by Gasteiger charge is 2.61. The molecule has 7 rings (SSSR count). The van der Waals surface area contributed by atoms with Crippen molar-refractivity contribution < 1.29 is 4.79 Å². The van der Waals surface area contributed by atoms with Crippen LogP contribution in [0.1, 0.15) is 54.1 Å². The molecular formula is C26H24ClN7O. The van der Waals surface area contributed by atoms with Gasteiger partial charge in [-0.1, -0.05) is 17.7 Å². The molecular weight excluding hydrogens is 462 g/mol. The largest absolute Gasteiger partial charge is 0.378 e. The van der Waals surface area contributed by atoms with Crippen LogP contribution < -0.4 is 10.6 Å². The maximum atomic E-state index is 13.1. The van der Waals surface area contributed by atoms with Gasteiger partial charge in [-0.2, -0.15) is 4.98 Å². The number of rotatable bonds is 6. The minimum atomic E-state index is -0.0671. The summed E-state index contributed by atoms with van der Waals surface area (Å²) in [4.78, 5) is 26.3. The summed E-state index contributed by atoms with van der Waals surface area (Å²) in [6, 6.07) is 9.77. The van der Waals surface area contributed by atoms with Crippen molar-refractivity contribution in [3.05, 3.63) is 76.5 Å². The molecule has 3 aliphatic rings. The lowest BCUT2D eigenvalue weighted by molar-refractivity contribution is -0.117. The third-order valence-electron chi connectivity index (χ3n) is 7.61. The number of aryl methyl sites for hydroxylation is 1. The van der Waals surface area contributed by atoms with Gasteiger partial charge in [0.05, 0.1) is 6.54 Å². The first-order valence-corrected chi connectivity index (χ1v) is 12.5. The Balaban J connectivity index is 1.01.